The van der Waals surface area contributed by atoms with Crippen molar-refractivity contribution in [3.8, 4) is 0 Å². The van der Waals surface area contributed by atoms with Crippen LogP contribution >= 0.6 is 0 Å². The van der Waals surface area contributed by atoms with Gasteiger partial charge < -0.3 is 10.2 Å². The molecule has 0 unspecified atom stereocenters. The Morgan fingerprint density at radius 3 is 2.67 bits per heavy atom. The smallest absolute Gasteiger partial charge is 0.0306 e. The largest absolute Gasteiger partial charge is 0.362 e. The van der Waals surface area contributed by atoms with Gasteiger partial charge in [0, 0.05) is 18.4 Å². The fraction of sp³-hybridized carbons (Fsp3) is 0.400. The third kappa shape index (κ3) is 2.93. The van der Waals surface area contributed by atoms with Gasteiger partial charge in [0.2, 0.25) is 0 Å². The second kappa shape index (κ2) is 4.12. The highest BCUT2D eigenvalue weighted by molar-refractivity contribution is 5.31. The number of allylic oxidation sites excluding steroid dienone is 2. The first-order valence-corrected chi connectivity index (χ1v) is 4.16. The third-order valence-corrected chi connectivity index (χ3v) is 1.79. The van der Waals surface area contributed by atoms with E-state index in [9.17, 15) is 0 Å². The number of rotatable bonds is 3. The highest BCUT2D eigenvalue weighted by atomic mass is 15.0. The van der Waals surface area contributed by atoms with E-state index in [1.54, 1.807) is 0 Å². The van der Waals surface area contributed by atoms with Crippen molar-refractivity contribution in [1.82, 2.24) is 10.2 Å². The van der Waals surface area contributed by atoms with Crippen molar-refractivity contribution in [3.63, 3.8) is 0 Å². The molecule has 1 rings (SSSR count). The van der Waals surface area contributed by atoms with Gasteiger partial charge in [-0.2, -0.15) is 0 Å². The Labute approximate surface area is 74.3 Å². The highest BCUT2D eigenvalue weighted by Crippen LogP contribution is 2.08. The summed E-state index contributed by atoms with van der Waals surface area (Å²) in [6.07, 6.45) is 7.23. The Balaban J connectivity index is 2.35. The summed E-state index contributed by atoms with van der Waals surface area (Å²) in [6, 6.07) is 0. The van der Waals surface area contributed by atoms with Crippen LogP contribution in [0.15, 0.2) is 36.2 Å². The van der Waals surface area contributed by atoms with E-state index in [-0.39, 0.29) is 0 Å². The zero-order valence-electron chi connectivity index (χ0n) is 7.80. The Bertz CT molecular complexity index is 224. The van der Waals surface area contributed by atoms with E-state index in [0.717, 1.165) is 18.7 Å². The fourth-order valence-corrected chi connectivity index (χ4v) is 0.997. The van der Waals surface area contributed by atoms with Crippen LogP contribution in [0, 0.1) is 0 Å². The zero-order valence-corrected chi connectivity index (χ0v) is 7.80. The lowest BCUT2D eigenvalue weighted by Gasteiger charge is -2.13. The molecule has 1 N–H and O–H groups in total. The minimum absolute atomic E-state index is 0.962. The lowest BCUT2D eigenvalue weighted by atomic mass is 10.1. The summed E-state index contributed by atoms with van der Waals surface area (Å²) in [5.41, 5.74) is 2.29. The highest BCUT2D eigenvalue weighted by Gasteiger charge is 1.98. The second-order valence-electron chi connectivity index (χ2n) is 3.28. The molecule has 0 bridgehead atoms. The van der Waals surface area contributed by atoms with Crippen LogP contribution in [0.5, 0.6) is 0 Å². The molecule has 0 amide bonds. The Hall–Kier alpha value is -1.02. The first-order chi connectivity index (χ1) is 5.68. The van der Waals surface area contributed by atoms with E-state index in [2.05, 4.69) is 37.0 Å². The quantitative estimate of drug-likeness (QED) is 0.680. The molecule has 0 aromatic carbocycles. The summed E-state index contributed by atoms with van der Waals surface area (Å²) in [6.45, 7) is 4.88. The van der Waals surface area contributed by atoms with Gasteiger partial charge in [0.1, 0.15) is 0 Å². The maximum atomic E-state index is 3.79. The molecule has 2 nitrogen and oxygen atoms in total. The van der Waals surface area contributed by atoms with E-state index in [1.807, 2.05) is 12.3 Å². The van der Waals surface area contributed by atoms with Gasteiger partial charge in [-0.3, -0.25) is 0 Å². The first kappa shape index (κ1) is 9.07. The fourth-order valence-electron chi connectivity index (χ4n) is 0.997. The number of hydrogen-bond acceptors (Lipinski definition) is 2. The van der Waals surface area contributed by atoms with Gasteiger partial charge in [0.05, 0.1) is 0 Å². The van der Waals surface area contributed by atoms with Crippen LogP contribution in [0.25, 0.3) is 0 Å². The molecule has 1 aliphatic heterocycles. The average Bonchev–Trinajstić information content (AvgIpc) is 2.03. The molecular weight excluding hydrogens is 148 g/mol. The molecule has 0 spiro atoms. The summed E-state index contributed by atoms with van der Waals surface area (Å²) >= 11 is 0. The van der Waals surface area contributed by atoms with Crippen molar-refractivity contribution in [2.45, 2.75) is 6.42 Å². The molecule has 1 heterocycles. The van der Waals surface area contributed by atoms with Gasteiger partial charge in [-0.15, -0.1) is 0 Å². The Morgan fingerprint density at radius 2 is 2.17 bits per heavy atom. The maximum absolute atomic E-state index is 3.79. The summed E-state index contributed by atoms with van der Waals surface area (Å²) in [4.78, 5) is 2.18. The lowest BCUT2D eigenvalue weighted by Crippen LogP contribution is -2.15. The van der Waals surface area contributed by atoms with Crippen molar-refractivity contribution in [1.29, 1.82) is 0 Å². The van der Waals surface area contributed by atoms with Crippen molar-refractivity contribution in [2.75, 3.05) is 20.6 Å². The minimum atomic E-state index is 0.962. The van der Waals surface area contributed by atoms with Gasteiger partial charge in [-0.25, -0.2) is 0 Å². The van der Waals surface area contributed by atoms with E-state index in [1.165, 1.54) is 5.57 Å². The van der Waals surface area contributed by atoms with Crippen molar-refractivity contribution < 1.29 is 0 Å². The van der Waals surface area contributed by atoms with Gasteiger partial charge in [-0.05, 0) is 32.2 Å². The summed E-state index contributed by atoms with van der Waals surface area (Å²) in [7, 11) is 4.17. The normalized spacial score (nSPS) is 16.2. The molecule has 0 aromatic heterocycles. The molecule has 0 aromatic rings. The lowest BCUT2D eigenvalue weighted by molar-refractivity contribution is 0.414. The SMILES string of the molecule is C=C1C=CC(CCN(C)C)=CN1. The average molecular weight is 164 g/mol. The number of dihydropyridines is 1. The standard InChI is InChI=1S/C10H16N2/c1-9-4-5-10(8-11-9)6-7-12(2)3/h4-5,8,11H,1,6-7H2,2-3H3. The van der Waals surface area contributed by atoms with Crippen LogP contribution in [0.2, 0.25) is 0 Å². The van der Waals surface area contributed by atoms with Gasteiger partial charge >= 0.3 is 0 Å². The summed E-state index contributed by atoms with van der Waals surface area (Å²) < 4.78 is 0. The monoisotopic (exact) mass is 164 g/mol. The number of nitrogens with zero attached hydrogens (tertiary/aromatic N) is 1. The maximum Gasteiger partial charge on any atom is 0.0306 e. The molecule has 0 saturated carbocycles. The van der Waals surface area contributed by atoms with Gasteiger partial charge in [0.25, 0.3) is 0 Å². The van der Waals surface area contributed by atoms with E-state index >= 15 is 0 Å². The minimum Gasteiger partial charge on any atom is -0.362 e. The van der Waals surface area contributed by atoms with Crippen LogP contribution in [-0.2, 0) is 0 Å². The molecular formula is C10H16N2. The van der Waals surface area contributed by atoms with Crippen LogP contribution < -0.4 is 5.32 Å². The molecule has 1 aliphatic rings. The molecule has 2 heteroatoms. The molecule has 66 valence electrons. The van der Waals surface area contributed by atoms with E-state index in [0.29, 0.717) is 0 Å². The van der Waals surface area contributed by atoms with Gasteiger partial charge in [0.15, 0.2) is 0 Å². The summed E-state index contributed by atoms with van der Waals surface area (Å²) in [5.74, 6) is 0. The molecule has 12 heavy (non-hydrogen) atoms. The van der Waals surface area contributed by atoms with Crippen LogP contribution in [-0.4, -0.2) is 25.5 Å². The Kier molecular flexibility index (Phi) is 3.11. The van der Waals surface area contributed by atoms with E-state index in [4.69, 9.17) is 0 Å². The van der Waals surface area contributed by atoms with Crippen molar-refractivity contribution in [3.05, 3.63) is 36.2 Å². The first-order valence-electron chi connectivity index (χ1n) is 4.16. The molecule has 0 radical (unpaired) electrons. The molecule has 0 fully saturated rings. The predicted octanol–water partition coefficient (Wildman–Crippen LogP) is 1.50. The van der Waals surface area contributed by atoms with Crippen molar-refractivity contribution in [2.24, 2.45) is 0 Å². The number of hydrogen-bond donors (Lipinski definition) is 1. The van der Waals surface area contributed by atoms with Gasteiger partial charge in [-0.1, -0.05) is 12.7 Å². The zero-order chi connectivity index (χ0) is 8.97. The predicted molar refractivity (Wildman–Crippen MR) is 52.7 cm³/mol. The topological polar surface area (TPSA) is 15.3 Å². The summed E-state index contributed by atoms with van der Waals surface area (Å²) in [5, 5.41) is 3.09. The molecule has 0 saturated heterocycles. The van der Waals surface area contributed by atoms with Crippen LogP contribution in [0.4, 0.5) is 0 Å². The second-order valence-corrected chi connectivity index (χ2v) is 3.28. The molecule has 0 aliphatic carbocycles. The molecule has 0 atom stereocenters. The van der Waals surface area contributed by atoms with Crippen LogP contribution in [0.1, 0.15) is 6.42 Å². The Morgan fingerprint density at radius 1 is 1.42 bits per heavy atom. The van der Waals surface area contributed by atoms with Crippen molar-refractivity contribution >= 4 is 0 Å². The number of nitrogens with one attached hydrogen (secondary N) is 1. The van der Waals surface area contributed by atoms with Crippen LogP contribution in [0.3, 0.4) is 0 Å². The third-order valence-electron chi connectivity index (χ3n) is 1.79. The van der Waals surface area contributed by atoms with E-state index < -0.39 is 0 Å².